The van der Waals surface area contributed by atoms with Gasteiger partial charge in [0, 0.05) is 23.5 Å². The maximum atomic E-state index is 12.0. The second kappa shape index (κ2) is 4.70. The number of rotatable bonds is 2. The van der Waals surface area contributed by atoms with E-state index in [0.29, 0.717) is 16.3 Å². The highest BCUT2D eigenvalue weighted by molar-refractivity contribution is 6.34. The van der Waals surface area contributed by atoms with Gasteiger partial charge in [-0.25, -0.2) is 0 Å². The number of carbonyl (C=O) groups is 1. The van der Waals surface area contributed by atoms with Crippen molar-refractivity contribution in [1.29, 1.82) is 0 Å². The summed E-state index contributed by atoms with van der Waals surface area (Å²) in [5.41, 5.74) is 1.87. The van der Waals surface area contributed by atoms with Crippen LogP contribution in [0.4, 0.5) is 5.69 Å². The van der Waals surface area contributed by atoms with Crippen LogP contribution < -0.4 is 5.32 Å². The van der Waals surface area contributed by atoms with Gasteiger partial charge in [0.2, 0.25) is 0 Å². The Morgan fingerprint density at radius 3 is 3.00 bits per heavy atom. The largest absolute Gasteiger partial charge is 0.322 e. The summed E-state index contributed by atoms with van der Waals surface area (Å²) in [4.78, 5) is 15.9. The van der Waals surface area contributed by atoms with Crippen molar-refractivity contribution in [3.8, 4) is 0 Å². The van der Waals surface area contributed by atoms with Crippen molar-refractivity contribution in [3.63, 3.8) is 0 Å². The number of aromatic amines is 1. The third-order valence-corrected chi connectivity index (χ3v) is 3.04. The molecule has 6 heteroatoms. The zero-order valence-electron chi connectivity index (χ0n) is 9.72. The van der Waals surface area contributed by atoms with Crippen LogP contribution in [-0.2, 0) is 0 Å². The third kappa shape index (κ3) is 2.28. The molecule has 0 bridgehead atoms. The Labute approximate surface area is 113 Å². The zero-order valence-corrected chi connectivity index (χ0v) is 10.5. The van der Waals surface area contributed by atoms with Gasteiger partial charge in [-0.15, -0.1) is 0 Å². The van der Waals surface area contributed by atoms with Crippen molar-refractivity contribution < 1.29 is 4.79 Å². The second-order valence-corrected chi connectivity index (χ2v) is 4.39. The molecule has 3 rings (SSSR count). The standard InChI is InChI=1S/C13H9ClN4O/c14-11-3-4-15-7-10(11)13(19)17-9-2-1-8-6-16-18-12(8)5-9/h1-7H,(H,16,18)(H,17,19). The number of pyridine rings is 1. The summed E-state index contributed by atoms with van der Waals surface area (Å²) in [6.07, 6.45) is 4.70. The average Bonchev–Trinajstić information content (AvgIpc) is 2.86. The van der Waals surface area contributed by atoms with Gasteiger partial charge in [0.15, 0.2) is 0 Å². The number of benzene rings is 1. The van der Waals surface area contributed by atoms with E-state index < -0.39 is 0 Å². The smallest absolute Gasteiger partial charge is 0.258 e. The van der Waals surface area contributed by atoms with E-state index in [2.05, 4.69) is 20.5 Å². The number of carbonyl (C=O) groups excluding carboxylic acids is 1. The topological polar surface area (TPSA) is 70.7 Å². The van der Waals surface area contributed by atoms with Crippen molar-refractivity contribution >= 4 is 34.1 Å². The van der Waals surface area contributed by atoms with E-state index in [9.17, 15) is 4.79 Å². The number of nitrogens with zero attached hydrogens (tertiary/aromatic N) is 2. The van der Waals surface area contributed by atoms with Crippen molar-refractivity contribution in [2.45, 2.75) is 0 Å². The van der Waals surface area contributed by atoms with Crippen LogP contribution in [0, 0.1) is 0 Å². The van der Waals surface area contributed by atoms with E-state index in [4.69, 9.17) is 11.6 Å². The lowest BCUT2D eigenvalue weighted by atomic mass is 10.2. The molecule has 0 aliphatic carbocycles. The molecule has 1 amide bonds. The molecule has 0 saturated carbocycles. The SMILES string of the molecule is O=C(Nc1ccc2cn[nH]c2c1)c1cnccc1Cl. The van der Waals surface area contributed by atoms with Gasteiger partial charge >= 0.3 is 0 Å². The fourth-order valence-electron chi connectivity index (χ4n) is 1.76. The molecule has 0 aliphatic rings. The fraction of sp³-hybridized carbons (Fsp3) is 0. The van der Waals surface area contributed by atoms with Crippen molar-refractivity contribution in [2.24, 2.45) is 0 Å². The molecular weight excluding hydrogens is 264 g/mol. The monoisotopic (exact) mass is 272 g/mol. The predicted molar refractivity (Wildman–Crippen MR) is 73.3 cm³/mol. The molecule has 0 aliphatic heterocycles. The molecule has 2 N–H and O–H groups in total. The minimum Gasteiger partial charge on any atom is -0.322 e. The Morgan fingerprint density at radius 2 is 2.16 bits per heavy atom. The van der Waals surface area contributed by atoms with Crippen LogP contribution in [0.3, 0.4) is 0 Å². The minimum absolute atomic E-state index is 0.294. The maximum Gasteiger partial charge on any atom is 0.258 e. The zero-order chi connectivity index (χ0) is 13.2. The summed E-state index contributed by atoms with van der Waals surface area (Å²) in [7, 11) is 0. The first-order valence-corrected chi connectivity index (χ1v) is 5.96. The third-order valence-electron chi connectivity index (χ3n) is 2.71. The van der Waals surface area contributed by atoms with Crippen molar-refractivity contribution in [3.05, 3.63) is 53.4 Å². The van der Waals surface area contributed by atoms with E-state index in [-0.39, 0.29) is 5.91 Å². The highest BCUT2D eigenvalue weighted by atomic mass is 35.5. The first kappa shape index (κ1) is 11.7. The molecule has 0 saturated heterocycles. The van der Waals surface area contributed by atoms with Crippen molar-refractivity contribution in [2.75, 3.05) is 5.32 Å². The van der Waals surface area contributed by atoms with Crippen LogP contribution in [0.5, 0.6) is 0 Å². The molecule has 2 aromatic heterocycles. The highest BCUT2D eigenvalue weighted by Crippen LogP contribution is 2.19. The number of halogens is 1. The molecule has 1 aromatic carbocycles. The average molecular weight is 273 g/mol. The molecule has 5 nitrogen and oxygen atoms in total. The summed E-state index contributed by atoms with van der Waals surface area (Å²) in [5.74, 6) is -0.294. The van der Waals surface area contributed by atoms with E-state index >= 15 is 0 Å². The molecule has 0 spiro atoms. The van der Waals surface area contributed by atoms with E-state index in [1.165, 1.54) is 12.4 Å². The summed E-state index contributed by atoms with van der Waals surface area (Å²) in [5, 5.41) is 10.9. The molecule has 0 unspecified atom stereocenters. The number of anilines is 1. The molecular formula is C13H9ClN4O. The molecule has 0 fully saturated rings. The fourth-order valence-corrected chi connectivity index (χ4v) is 1.95. The van der Waals surface area contributed by atoms with Gasteiger partial charge in [0.05, 0.1) is 22.3 Å². The number of H-pyrrole nitrogens is 1. The Morgan fingerprint density at radius 1 is 1.26 bits per heavy atom. The Hall–Kier alpha value is -2.40. The van der Waals surface area contributed by atoms with Gasteiger partial charge in [-0.3, -0.25) is 14.9 Å². The van der Waals surface area contributed by atoms with Gasteiger partial charge in [-0.05, 0) is 24.3 Å². The van der Waals surface area contributed by atoms with Gasteiger partial charge in [-0.2, -0.15) is 5.10 Å². The van der Waals surface area contributed by atoms with Crippen LogP contribution in [0.1, 0.15) is 10.4 Å². The number of nitrogens with one attached hydrogen (secondary N) is 2. The highest BCUT2D eigenvalue weighted by Gasteiger charge is 2.10. The van der Waals surface area contributed by atoms with Crippen LogP contribution >= 0.6 is 11.6 Å². The second-order valence-electron chi connectivity index (χ2n) is 3.98. The van der Waals surface area contributed by atoms with Crippen LogP contribution in [0.2, 0.25) is 5.02 Å². The lowest BCUT2D eigenvalue weighted by molar-refractivity contribution is 0.102. The molecule has 2 heterocycles. The van der Waals surface area contributed by atoms with Crippen LogP contribution in [0.25, 0.3) is 10.9 Å². The molecule has 3 aromatic rings. The molecule has 0 radical (unpaired) electrons. The van der Waals surface area contributed by atoms with E-state index in [1.807, 2.05) is 12.1 Å². The summed E-state index contributed by atoms with van der Waals surface area (Å²) < 4.78 is 0. The normalized spacial score (nSPS) is 10.6. The summed E-state index contributed by atoms with van der Waals surface area (Å²) >= 11 is 5.95. The molecule has 19 heavy (non-hydrogen) atoms. The quantitative estimate of drug-likeness (QED) is 0.753. The van der Waals surface area contributed by atoms with Crippen LogP contribution in [0.15, 0.2) is 42.9 Å². The van der Waals surface area contributed by atoms with Gasteiger partial charge in [-0.1, -0.05) is 11.6 Å². The first-order chi connectivity index (χ1) is 9.24. The lowest BCUT2D eigenvalue weighted by Crippen LogP contribution is -2.12. The first-order valence-electron chi connectivity index (χ1n) is 5.58. The minimum atomic E-state index is -0.294. The van der Waals surface area contributed by atoms with Gasteiger partial charge in [0.25, 0.3) is 5.91 Å². The van der Waals surface area contributed by atoms with Gasteiger partial charge < -0.3 is 5.32 Å². The van der Waals surface area contributed by atoms with E-state index in [0.717, 1.165) is 10.9 Å². The van der Waals surface area contributed by atoms with Crippen LogP contribution in [-0.4, -0.2) is 21.1 Å². The number of aromatic nitrogens is 3. The predicted octanol–water partition coefficient (Wildman–Crippen LogP) is 2.86. The summed E-state index contributed by atoms with van der Waals surface area (Å²) in [6, 6.07) is 7.07. The molecule has 94 valence electrons. The van der Waals surface area contributed by atoms with Crippen molar-refractivity contribution in [1.82, 2.24) is 15.2 Å². The maximum absolute atomic E-state index is 12.0. The molecule has 0 atom stereocenters. The Balaban J connectivity index is 1.88. The van der Waals surface area contributed by atoms with Gasteiger partial charge in [0.1, 0.15) is 0 Å². The Bertz CT molecular complexity index is 753. The number of fused-ring (bicyclic) bond motifs is 1. The number of hydrogen-bond donors (Lipinski definition) is 2. The van der Waals surface area contributed by atoms with E-state index in [1.54, 1.807) is 18.3 Å². The number of hydrogen-bond acceptors (Lipinski definition) is 3. The Kier molecular flexibility index (Phi) is 2.89. The summed E-state index contributed by atoms with van der Waals surface area (Å²) in [6.45, 7) is 0. The lowest BCUT2D eigenvalue weighted by Gasteiger charge is -2.06. The number of amides is 1.